The van der Waals surface area contributed by atoms with Crippen molar-refractivity contribution in [3.63, 3.8) is 0 Å². The molecule has 0 aromatic heterocycles. The van der Waals surface area contributed by atoms with Gasteiger partial charge in [0.25, 0.3) is 0 Å². The van der Waals surface area contributed by atoms with E-state index in [1.165, 1.54) is 31.1 Å². The highest BCUT2D eigenvalue weighted by Crippen LogP contribution is 2.68. The Morgan fingerprint density at radius 2 is 1.88 bits per heavy atom. The lowest BCUT2D eigenvalue weighted by atomic mass is 9.68. The van der Waals surface area contributed by atoms with E-state index in [0.717, 1.165) is 12.3 Å². The number of hydrogen-bond acceptors (Lipinski definition) is 1. The first kappa shape index (κ1) is 11.5. The second-order valence-corrected chi connectivity index (χ2v) is 7.75. The highest BCUT2D eigenvalue weighted by atomic mass is 16.1. The standard InChI is InChI=1S/C16H24O/c1-14(2)7-8-15(3)9-12-11(13(14)15)5-6-16(12,4)10-17/h9-11,13H,5-8H2,1-4H3/t11-,13-,15-,16+/m1/s1. The van der Waals surface area contributed by atoms with Gasteiger partial charge in [0.15, 0.2) is 0 Å². The summed E-state index contributed by atoms with van der Waals surface area (Å²) in [5.41, 5.74) is 2.15. The minimum atomic E-state index is -0.145. The molecule has 2 saturated carbocycles. The fraction of sp³-hybridized carbons (Fsp3) is 0.812. The van der Waals surface area contributed by atoms with Crippen LogP contribution in [-0.2, 0) is 4.79 Å². The average Bonchev–Trinajstić information content (AvgIpc) is 2.79. The fourth-order valence-corrected chi connectivity index (χ4v) is 5.24. The van der Waals surface area contributed by atoms with Crippen molar-refractivity contribution >= 4 is 6.29 Å². The van der Waals surface area contributed by atoms with Crippen LogP contribution in [0, 0.1) is 28.1 Å². The molecule has 3 aliphatic rings. The van der Waals surface area contributed by atoms with Gasteiger partial charge in [0.05, 0.1) is 0 Å². The predicted octanol–water partition coefficient (Wildman–Crippen LogP) is 3.98. The van der Waals surface area contributed by atoms with E-state index in [1.54, 1.807) is 0 Å². The molecule has 0 bridgehead atoms. The smallest absolute Gasteiger partial charge is 0.129 e. The summed E-state index contributed by atoms with van der Waals surface area (Å²) < 4.78 is 0. The van der Waals surface area contributed by atoms with Crippen LogP contribution in [0.15, 0.2) is 11.6 Å². The summed E-state index contributed by atoms with van der Waals surface area (Å²) in [5.74, 6) is 1.46. The number of fused-ring (bicyclic) bond motifs is 3. The van der Waals surface area contributed by atoms with Crippen molar-refractivity contribution in [1.82, 2.24) is 0 Å². The third-order valence-corrected chi connectivity index (χ3v) is 6.04. The van der Waals surface area contributed by atoms with Crippen LogP contribution in [0.2, 0.25) is 0 Å². The Bertz CT molecular complexity index is 406. The van der Waals surface area contributed by atoms with Gasteiger partial charge in [0.2, 0.25) is 0 Å². The second-order valence-electron chi connectivity index (χ2n) is 7.75. The lowest BCUT2D eigenvalue weighted by Gasteiger charge is -2.36. The van der Waals surface area contributed by atoms with E-state index in [-0.39, 0.29) is 5.41 Å². The lowest BCUT2D eigenvalue weighted by Crippen LogP contribution is -2.30. The molecule has 1 nitrogen and oxygen atoms in total. The maximum Gasteiger partial charge on any atom is 0.129 e. The summed E-state index contributed by atoms with van der Waals surface area (Å²) in [6.07, 6.45) is 8.64. The van der Waals surface area contributed by atoms with Gasteiger partial charge in [-0.15, -0.1) is 0 Å². The summed E-state index contributed by atoms with van der Waals surface area (Å²) >= 11 is 0. The Balaban J connectivity index is 2.07. The van der Waals surface area contributed by atoms with Crippen molar-refractivity contribution < 1.29 is 4.79 Å². The topological polar surface area (TPSA) is 17.1 Å². The number of carbonyl (C=O) groups excluding carboxylic acids is 1. The molecule has 0 aromatic carbocycles. The maximum atomic E-state index is 11.4. The van der Waals surface area contributed by atoms with Gasteiger partial charge in [-0.3, -0.25) is 0 Å². The minimum absolute atomic E-state index is 0.145. The zero-order valence-electron chi connectivity index (χ0n) is 11.5. The van der Waals surface area contributed by atoms with Crippen molar-refractivity contribution in [1.29, 1.82) is 0 Å². The molecule has 0 aromatic rings. The predicted molar refractivity (Wildman–Crippen MR) is 69.6 cm³/mol. The first-order chi connectivity index (χ1) is 7.82. The van der Waals surface area contributed by atoms with E-state index in [4.69, 9.17) is 0 Å². The first-order valence-electron chi connectivity index (χ1n) is 7.02. The fourth-order valence-electron chi connectivity index (χ4n) is 5.24. The molecule has 0 saturated heterocycles. The van der Waals surface area contributed by atoms with Crippen LogP contribution < -0.4 is 0 Å². The van der Waals surface area contributed by atoms with Crippen molar-refractivity contribution in [2.24, 2.45) is 28.1 Å². The average molecular weight is 232 g/mol. The maximum absolute atomic E-state index is 11.4. The third kappa shape index (κ3) is 1.29. The zero-order chi connectivity index (χ0) is 12.5. The summed E-state index contributed by atoms with van der Waals surface area (Å²) in [6.45, 7) is 9.42. The van der Waals surface area contributed by atoms with Crippen LogP contribution >= 0.6 is 0 Å². The number of carbonyl (C=O) groups is 1. The summed E-state index contributed by atoms with van der Waals surface area (Å²) in [6, 6.07) is 0. The molecule has 0 N–H and O–H groups in total. The molecule has 0 amide bonds. The molecule has 0 radical (unpaired) electrons. The number of hydrogen-bond donors (Lipinski definition) is 0. The summed E-state index contributed by atoms with van der Waals surface area (Å²) in [5, 5.41) is 0. The van der Waals surface area contributed by atoms with E-state index in [1.807, 2.05) is 0 Å². The highest BCUT2D eigenvalue weighted by molar-refractivity contribution is 5.67. The zero-order valence-corrected chi connectivity index (χ0v) is 11.5. The third-order valence-electron chi connectivity index (χ3n) is 6.04. The molecule has 0 unspecified atom stereocenters. The molecule has 2 fully saturated rings. The Morgan fingerprint density at radius 3 is 2.53 bits per heavy atom. The Hall–Kier alpha value is -0.590. The van der Waals surface area contributed by atoms with Crippen LogP contribution in [0.1, 0.15) is 53.4 Å². The van der Waals surface area contributed by atoms with Gasteiger partial charge in [-0.25, -0.2) is 0 Å². The van der Waals surface area contributed by atoms with Crippen LogP contribution in [0.5, 0.6) is 0 Å². The Labute approximate surface area is 105 Å². The van der Waals surface area contributed by atoms with E-state index in [9.17, 15) is 4.79 Å². The molecule has 3 aliphatic carbocycles. The van der Waals surface area contributed by atoms with E-state index >= 15 is 0 Å². The normalized spacial score (nSPS) is 50.9. The van der Waals surface area contributed by atoms with Gasteiger partial charge < -0.3 is 4.79 Å². The second kappa shape index (κ2) is 3.05. The molecule has 0 spiro atoms. The molecular formula is C16H24O. The van der Waals surface area contributed by atoms with Gasteiger partial charge in [0, 0.05) is 5.41 Å². The van der Waals surface area contributed by atoms with Crippen molar-refractivity contribution in [3.8, 4) is 0 Å². The van der Waals surface area contributed by atoms with Gasteiger partial charge in [-0.2, -0.15) is 0 Å². The number of rotatable bonds is 1. The molecule has 0 heterocycles. The quantitative estimate of drug-likeness (QED) is 0.493. The van der Waals surface area contributed by atoms with Gasteiger partial charge in [-0.1, -0.05) is 32.4 Å². The lowest BCUT2D eigenvalue weighted by molar-refractivity contribution is -0.113. The van der Waals surface area contributed by atoms with Crippen LogP contribution in [0.3, 0.4) is 0 Å². The number of aldehydes is 1. The van der Waals surface area contributed by atoms with Crippen LogP contribution in [0.4, 0.5) is 0 Å². The number of allylic oxidation sites excluding steroid dienone is 2. The summed E-state index contributed by atoms with van der Waals surface area (Å²) in [4.78, 5) is 11.4. The summed E-state index contributed by atoms with van der Waals surface area (Å²) in [7, 11) is 0. The SMILES string of the molecule is CC1(C)CC[C@]2(C)C=C3[C@@H](CC[C@@]3(C)C=O)[C@H]12. The van der Waals surface area contributed by atoms with Crippen molar-refractivity contribution in [2.45, 2.75) is 53.4 Å². The van der Waals surface area contributed by atoms with Crippen molar-refractivity contribution in [2.75, 3.05) is 0 Å². The van der Waals surface area contributed by atoms with Crippen LogP contribution in [-0.4, -0.2) is 6.29 Å². The Kier molecular flexibility index (Phi) is 2.06. The molecule has 94 valence electrons. The van der Waals surface area contributed by atoms with E-state index in [0.29, 0.717) is 16.7 Å². The molecule has 4 atom stereocenters. The van der Waals surface area contributed by atoms with Gasteiger partial charge in [-0.05, 0) is 55.3 Å². The van der Waals surface area contributed by atoms with Crippen molar-refractivity contribution in [3.05, 3.63) is 11.6 Å². The van der Waals surface area contributed by atoms with E-state index < -0.39 is 0 Å². The minimum Gasteiger partial charge on any atom is -0.302 e. The molecule has 0 aliphatic heterocycles. The molecule has 1 heteroatoms. The molecule has 3 rings (SSSR count). The molecule has 17 heavy (non-hydrogen) atoms. The highest BCUT2D eigenvalue weighted by Gasteiger charge is 2.60. The Morgan fingerprint density at radius 1 is 1.18 bits per heavy atom. The van der Waals surface area contributed by atoms with Crippen LogP contribution in [0.25, 0.3) is 0 Å². The molecular weight excluding hydrogens is 208 g/mol. The monoisotopic (exact) mass is 232 g/mol. The largest absolute Gasteiger partial charge is 0.302 e. The van der Waals surface area contributed by atoms with Gasteiger partial charge >= 0.3 is 0 Å². The van der Waals surface area contributed by atoms with Gasteiger partial charge in [0.1, 0.15) is 6.29 Å². The first-order valence-corrected chi connectivity index (χ1v) is 7.02. The van der Waals surface area contributed by atoms with E-state index in [2.05, 4.69) is 33.8 Å².